The second-order valence-electron chi connectivity index (χ2n) is 3.22. The van der Waals surface area contributed by atoms with Gasteiger partial charge in [0.1, 0.15) is 0 Å². The molecule has 0 saturated carbocycles. The zero-order valence-corrected chi connectivity index (χ0v) is 9.52. The van der Waals surface area contributed by atoms with E-state index in [1.807, 2.05) is 29.3 Å². The minimum Gasteiger partial charge on any atom is -0.295 e. The summed E-state index contributed by atoms with van der Waals surface area (Å²) in [5, 5.41) is 1.94. The van der Waals surface area contributed by atoms with Crippen molar-refractivity contribution < 1.29 is 4.84 Å². The van der Waals surface area contributed by atoms with E-state index in [1.165, 1.54) is 5.56 Å². The maximum absolute atomic E-state index is 5.51. The lowest BCUT2D eigenvalue weighted by molar-refractivity contribution is -0.141. The molecule has 1 rings (SSSR count). The SMILES string of the molecule is CCN(CC)OCC=Cc1ccccc1. The summed E-state index contributed by atoms with van der Waals surface area (Å²) in [5.74, 6) is 0. The third-order valence-corrected chi connectivity index (χ3v) is 2.17. The van der Waals surface area contributed by atoms with Crippen molar-refractivity contribution in [3.05, 3.63) is 42.0 Å². The highest BCUT2D eigenvalue weighted by Crippen LogP contribution is 2.00. The lowest BCUT2D eigenvalue weighted by Gasteiger charge is -2.16. The lowest BCUT2D eigenvalue weighted by Crippen LogP contribution is -2.23. The normalized spacial score (nSPS) is 11.4. The van der Waals surface area contributed by atoms with E-state index in [-0.39, 0.29) is 0 Å². The van der Waals surface area contributed by atoms with Crippen LogP contribution in [-0.2, 0) is 4.84 Å². The topological polar surface area (TPSA) is 12.5 Å². The molecule has 15 heavy (non-hydrogen) atoms. The van der Waals surface area contributed by atoms with Crippen molar-refractivity contribution in [1.82, 2.24) is 5.06 Å². The monoisotopic (exact) mass is 205 g/mol. The van der Waals surface area contributed by atoms with Gasteiger partial charge in [0.2, 0.25) is 0 Å². The third kappa shape index (κ3) is 4.77. The molecular formula is C13H19NO. The van der Waals surface area contributed by atoms with Gasteiger partial charge in [0, 0.05) is 13.1 Å². The Labute approximate surface area is 92.1 Å². The summed E-state index contributed by atoms with van der Waals surface area (Å²) in [5.41, 5.74) is 1.21. The molecule has 0 aliphatic rings. The molecule has 0 amide bonds. The van der Waals surface area contributed by atoms with E-state index in [4.69, 9.17) is 4.84 Å². The Morgan fingerprint density at radius 2 is 1.80 bits per heavy atom. The average Bonchev–Trinajstić information content (AvgIpc) is 2.31. The first-order valence-electron chi connectivity index (χ1n) is 5.46. The summed E-state index contributed by atoms with van der Waals surface area (Å²) in [6, 6.07) is 10.2. The van der Waals surface area contributed by atoms with Crippen LogP contribution in [0.15, 0.2) is 36.4 Å². The summed E-state index contributed by atoms with van der Waals surface area (Å²) >= 11 is 0. The molecule has 1 aromatic rings. The molecule has 0 heterocycles. The summed E-state index contributed by atoms with van der Waals surface area (Å²) in [6.45, 7) is 6.66. The van der Waals surface area contributed by atoms with Gasteiger partial charge in [-0.05, 0) is 5.56 Å². The van der Waals surface area contributed by atoms with Gasteiger partial charge in [0.05, 0.1) is 6.61 Å². The van der Waals surface area contributed by atoms with Crippen LogP contribution in [0.25, 0.3) is 6.08 Å². The fraction of sp³-hybridized carbons (Fsp3) is 0.385. The van der Waals surface area contributed by atoms with E-state index in [1.54, 1.807) is 0 Å². The maximum atomic E-state index is 5.51. The van der Waals surface area contributed by atoms with E-state index in [0.29, 0.717) is 6.61 Å². The molecule has 82 valence electrons. The van der Waals surface area contributed by atoms with Crippen LogP contribution in [0.2, 0.25) is 0 Å². The molecule has 2 heteroatoms. The highest BCUT2D eigenvalue weighted by atomic mass is 16.7. The zero-order valence-electron chi connectivity index (χ0n) is 9.52. The molecule has 0 saturated heterocycles. The first kappa shape index (κ1) is 12.0. The molecule has 0 bridgehead atoms. The maximum Gasteiger partial charge on any atom is 0.0869 e. The molecule has 2 nitrogen and oxygen atoms in total. The second kappa shape index (κ2) is 7.21. The van der Waals surface area contributed by atoms with Gasteiger partial charge in [-0.15, -0.1) is 0 Å². The van der Waals surface area contributed by atoms with Crippen LogP contribution in [0, 0.1) is 0 Å². The standard InChI is InChI=1S/C13H19NO/c1-3-14(4-2)15-12-8-11-13-9-6-5-7-10-13/h5-11H,3-4,12H2,1-2H3. The summed E-state index contributed by atoms with van der Waals surface area (Å²) < 4.78 is 0. The summed E-state index contributed by atoms with van der Waals surface area (Å²) in [6.07, 6.45) is 4.11. The lowest BCUT2D eigenvalue weighted by atomic mass is 10.2. The molecule has 0 spiro atoms. The molecule has 0 N–H and O–H groups in total. The molecule has 0 fully saturated rings. The third-order valence-electron chi connectivity index (χ3n) is 2.17. The minimum atomic E-state index is 0.635. The Hall–Kier alpha value is -1.12. The van der Waals surface area contributed by atoms with Crippen LogP contribution in [0.1, 0.15) is 19.4 Å². The fourth-order valence-electron chi connectivity index (χ4n) is 1.30. The molecule has 0 aliphatic heterocycles. The van der Waals surface area contributed by atoms with Gasteiger partial charge >= 0.3 is 0 Å². The number of rotatable bonds is 6. The molecule has 0 aromatic heterocycles. The average molecular weight is 205 g/mol. The Morgan fingerprint density at radius 3 is 2.40 bits per heavy atom. The highest BCUT2D eigenvalue weighted by molar-refractivity contribution is 5.48. The summed E-state index contributed by atoms with van der Waals surface area (Å²) in [7, 11) is 0. The van der Waals surface area contributed by atoms with E-state index in [2.05, 4.69) is 32.1 Å². The summed E-state index contributed by atoms with van der Waals surface area (Å²) in [4.78, 5) is 5.51. The Balaban J connectivity index is 2.28. The second-order valence-corrected chi connectivity index (χ2v) is 3.22. The number of hydroxylamine groups is 2. The quantitative estimate of drug-likeness (QED) is 0.662. The zero-order chi connectivity index (χ0) is 10.9. The first-order chi connectivity index (χ1) is 7.36. The van der Waals surface area contributed by atoms with Gasteiger partial charge in [0.25, 0.3) is 0 Å². The van der Waals surface area contributed by atoms with Gasteiger partial charge in [0.15, 0.2) is 0 Å². The molecule has 1 aromatic carbocycles. The number of hydrogen-bond donors (Lipinski definition) is 0. The van der Waals surface area contributed by atoms with Gasteiger partial charge in [-0.2, -0.15) is 5.06 Å². The molecule has 0 atom stereocenters. The van der Waals surface area contributed by atoms with Crippen molar-refractivity contribution in [3.63, 3.8) is 0 Å². The Morgan fingerprint density at radius 1 is 1.13 bits per heavy atom. The van der Waals surface area contributed by atoms with Crippen molar-refractivity contribution >= 4 is 6.08 Å². The van der Waals surface area contributed by atoms with Crippen LogP contribution in [0.5, 0.6) is 0 Å². The molecule has 0 radical (unpaired) electrons. The van der Waals surface area contributed by atoms with Gasteiger partial charge in [-0.3, -0.25) is 4.84 Å². The Bertz CT molecular complexity index is 278. The van der Waals surface area contributed by atoms with Crippen LogP contribution in [0.4, 0.5) is 0 Å². The first-order valence-corrected chi connectivity index (χ1v) is 5.46. The minimum absolute atomic E-state index is 0.635. The molecule has 0 unspecified atom stereocenters. The predicted octanol–water partition coefficient (Wildman–Crippen LogP) is 2.97. The van der Waals surface area contributed by atoms with Gasteiger partial charge in [-0.1, -0.05) is 56.3 Å². The fourth-order valence-corrected chi connectivity index (χ4v) is 1.30. The van der Waals surface area contributed by atoms with Crippen molar-refractivity contribution in [1.29, 1.82) is 0 Å². The van der Waals surface area contributed by atoms with Crippen molar-refractivity contribution in [2.45, 2.75) is 13.8 Å². The van der Waals surface area contributed by atoms with E-state index in [0.717, 1.165) is 13.1 Å². The number of nitrogens with zero attached hydrogens (tertiary/aromatic N) is 1. The smallest absolute Gasteiger partial charge is 0.0869 e. The highest BCUT2D eigenvalue weighted by Gasteiger charge is 1.95. The van der Waals surface area contributed by atoms with Crippen molar-refractivity contribution in [2.24, 2.45) is 0 Å². The van der Waals surface area contributed by atoms with E-state index in [9.17, 15) is 0 Å². The van der Waals surface area contributed by atoms with E-state index < -0.39 is 0 Å². The van der Waals surface area contributed by atoms with Gasteiger partial charge < -0.3 is 0 Å². The number of benzene rings is 1. The largest absolute Gasteiger partial charge is 0.295 e. The van der Waals surface area contributed by atoms with Crippen LogP contribution < -0.4 is 0 Å². The van der Waals surface area contributed by atoms with Crippen molar-refractivity contribution in [2.75, 3.05) is 19.7 Å². The van der Waals surface area contributed by atoms with Crippen LogP contribution in [-0.4, -0.2) is 24.8 Å². The predicted molar refractivity (Wildman–Crippen MR) is 64.3 cm³/mol. The Kier molecular flexibility index (Phi) is 5.74. The molecular weight excluding hydrogens is 186 g/mol. The number of hydrogen-bond acceptors (Lipinski definition) is 2. The van der Waals surface area contributed by atoms with Crippen LogP contribution in [0.3, 0.4) is 0 Å². The van der Waals surface area contributed by atoms with Crippen molar-refractivity contribution in [3.8, 4) is 0 Å². The van der Waals surface area contributed by atoms with Crippen LogP contribution >= 0.6 is 0 Å². The van der Waals surface area contributed by atoms with E-state index >= 15 is 0 Å². The van der Waals surface area contributed by atoms with Gasteiger partial charge in [-0.25, -0.2) is 0 Å². The molecule has 0 aliphatic carbocycles.